The minimum absolute atomic E-state index is 0.0396. The largest absolute Gasteiger partial charge is 0.454 e. The normalized spacial score (nSPS) is 19.9. The summed E-state index contributed by atoms with van der Waals surface area (Å²) in [5.41, 5.74) is 1.48. The van der Waals surface area contributed by atoms with Crippen LogP contribution in [0.5, 0.6) is 11.5 Å². The van der Waals surface area contributed by atoms with Crippen molar-refractivity contribution in [2.45, 2.75) is 13.0 Å². The fourth-order valence-corrected chi connectivity index (χ4v) is 3.48. The zero-order valence-corrected chi connectivity index (χ0v) is 13.5. The molecular weight excluding hydrogens is 316 g/mol. The van der Waals surface area contributed by atoms with E-state index in [0.717, 1.165) is 10.7 Å². The highest BCUT2D eigenvalue weighted by atomic mass is 32.1. The van der Waals surface area contributed by atoms with Crippen LogP contribution in [0.2, 0.25) is 0 Å². The average molecular weight is 332 g/mol. The van der Waals surface area contributed by atoms with Crippen LogP contribution in [0.25, 0.3) is 0 Å². The molecule has 1 saturated heterocycles. The number of benzene rings is 1. The molecule has 0 N–H and O–H groups in total. The summed E-state index contributed by atoms with van der Waals surface area (Å²) < 4.78 is 16.2. The lowest BCUT2D eigenvalue weighted by Gasteiger charge is -2.34. The lowest BCUT2D eigenvalue weighted by atomic mass is 10.1. The smallest absolute Gasteiger partial charge is 0.254 e. The van der Waals surface area contributed by atoms with Gasteiger partial charge in [-0.1, -0.05) is 0 Å². The van der Waals surface area contributed by atoms with Crippen LogP contribution >= 0.6 is 11.3 Å². The van der Waals surface area contributed by atoms with Crippen LogP contribution in [0.4, 0.5) is 0 Å². The second-order valence-electron chi connectivity index (χ2n) is 5.45. The van der Waals surface area contributed by atoms with E-state index in [4.69, 9.17) is 14.2 Å². The topological polar surface area (TPSA) is 60.9 Å². The molecule has 0 bridgehead atoms. The van der Waals surface area contributed by atoms with Crippen molar-refractivity contribution in [1.82, 2.24) is 9.88 Å². The number of thiazole rings is 1. The summed E-state index contributed by atoms with van der Waals surface area (Å²) in [5, 5.41) is 2.98. The number of rotatable bonds is 2. The van der Waals surface area contributed by atoms with Crippen molar-refractivity contribution in [2.75, 3.05) is 26.6 Å². The zero-order valence-electron chi connectivity index (χ0n) is 12.7. The molecule has 1 fully saturated rings. The summed E-state index contributed by atoms with van der Waals surface area (Å²) in [5.74, 6) is 1.25. The summed E-state index contributed by atoms with van der Waals surface area (Å²) in [6.07, 6.45) is 0. The molecule has 2 aliphatic heterocycles. The van der Waals surface area contributed by atoms with Crippen LogP contribution < -0.4 is 9.47 Å². The monoisotopic (exact) mass is 332 g/mol. The number of carbonyl (C=O) groups is 1. The standard InChI is InChI=1S/C16H16N2O4S/c1-10-17-12(8-23-10)13-7-20-5-4-18(13)16(19)11-2-3-14-15(6-11)22-9-21-14/h2-3,6,8,13H,4-5,7,9H2,1H3/t13-/m0/s1. The Bertz CT molecular complexity index is 745. The molecular formula is C16H16N2O4S. The number of nitrogens with zero attached hydrogens (tertiary/aromatic N) is 2. The van der Waals surface area contributed by atoms with Crippen molar-refractivity contribution >= 4 is 17.2 Å². The van der Waals surface area contributed by atoms with Gasteiger partial charge in [-0.3, -0.25) is 4.79 Å². The highest BCUT2D eigenvalue weighted by Gasteiger charge is 2.31. The van der Waals surface area contributed by atoms with Crippen molar-refractivity contribution in [3.05, 3.63) is 39.8 Å². The first-order valence-electron chi connectivity index (χ1n) is 7.43. The quantitative estimate of drug-likeness (QED) is 0.845. The number of carbonyl (C=O) groups excluding carboxylic acids is 1. The first-order chi connectivity index (χ1) is 11.2. The maximum Gasteiger partial charge on any atom is 0.254 e. The summed E-state index contributed by atoms with van der Waals surface area (Å²) in [7, 11) is 0. The fraction of sp³-hybridized carbons (Fsp3) is 0.375. The van der Waals surface area contributed by atoms with E-state index in [-0.39, 0.29) is 18.7 Å². The number of ether oxygens (including phenoxy) is 3. The van der Waals surface area contributed by atoms with Gasteiger partial charge in [0.2, 0.25) is 6.79 Å². The molecule has 1 amide bonds. The first kappa shape index (κ1) is 14.5. The summed E-state index contributed by atoms with van der Waals surface area (Å²) in [6, 6.07) is 5.14. The Labute approximate surface area is 137 Å². The lowest BCUT2D eigenvalue weighted by Crippen LogP contribution is -2.43. The van der Waals surface area contributed by atoms with Crippen molar-refractivity contribution < 1.29 is 19.0 Å². The molecule has 2 aliphatic rings. The second kappa shape index (κ2) is 5.82. The molecule has 23 heavy (non-hydrogen) atoms. The Morgan fingerprint density at radius 3 is 3.04 bits per heavy atom. The molecule has 3 heterocycles. The molecule has 6 nitrogen and oxygen atoms in total. The van der Waals surface area contributed by atoms with Crippen LogP contribution in [0.3, 0.4) is 0 Å². The molecule has 0 spiro atoms. The molecule has 0 unspecified atom stereocenters. The third-order valence-electron chi connectivity index (χ3n) is 3.99. The number of hydrogen-bond acceptors (Lipinski definition) is 6. The minimum Gasteiger partial charge on any atom is -0.454 e. The van der Waals surface area contributed by atoms with Gasteiger partial charge >= 0.3 is 0 Å². The SMILES string of the molecule is Cc1nc([C@@H]2COCCN2C(=O)c2ccc3c(c2)OCO3)cs1. The molecule has 1 atom stereocenters. The van der Waals surface area contributed by atoms with Crippen LogP contribution in [-0.2, 0) is 4.74 Å². The Morgan fingerprint density at radius 1 is 1.35 bits per heavy atom. The minimum atomic E-state index is -0.147. The molecule has 0 aliphatic carbocycles. The lowest BCUT2D eigenvalue weighted by molar-refractivity contribution is -0.00377. The third kappa shape index (κ3) is 2.66. The van der Waals surface area contributed by atoms with Crippen LogP contribution in [0.1, 0.15) is 27.1 Å². The van der Waals surface area contributed by atoms with Crippen LogP contribution in [-0.4, -0.2) is 42.3 Å². The zero-order chi connectivity index (χ0) is 15.8. The maximum absolute atomic E-state index is 12.9. The van der Waals surface area contributed by atoms with Crippen molar-refractivity contribution in [3.63, 3.8) is 0 Å². The predicted octanol–water partition coefficient (Wildman–Crippen LogP) is 2.39. The van der Waals surface area contributed by atoms with Crippen LogP contribution in [0, 0.1) is 6.92 Å². The van der Waals surface area contributed by atoms with Gasteiger partial charge in [0, 0.05) is 17.5 Å². The van der Waals surface area contributed by atoms with E-state index in [1.807, 2.05) is 17.2 Å². The molecule has 4 rings (SSSR count). The van der Waals surface area contributed by atoms with E-state index in [0.29, 0.717) is 36.8 Å². The number of fused-ring (bicyclic) bond motifs is 1. The number of aromatic nitrogens is 1. The molecule has 120 valence electrons. The number of aryl methyl sites for hydroxylation is 1. The van der Waals surface area contributed by atoms with E-state index < -0.39 is 0 Å². The first-order valence-corrected chi connectivity index (χ1v) is 8.31. The number of morpholine rings is 1. The number of hydrogen-bond donors (Lipinski definition) is 0. The summed E-state index contributed by atoms with van der Waals surface area (Å²) in [4.78, 5) is 19.3. The maximum atomic E-state index is 12.9. The summed E-state index contributed by atoms with van der Waals surface area (Å²) >= 11 is 1.58. The Kier molecular flexibility index (Phi) is 3.66. The van der Waals surface area contributed by atoms with Crippen LogP contribution in [0.15, 0.2) is 23.6 Å². The molecule has 1 aromatic heterocycles. The van der Waals surface area contributed by atoms with E-state index >= 15 is 0 Å². The van der Waals surface area contributed by atoms with Gasteiger partial charge in [-0.05, 0) is 25.1 Å². The van der Waals surface area contributed by atoms with Crippen molar-refractivity contribution in [3.8, 4) is 11.5 Å². The van der Waals surface area contributed by atoms with Gasteiger partial charge < -0.3 is 19.1 Å². The van der Waals surface area contributed by atoms with Gasteiger partial charge in [0.15, 0.2) is 11.5 Å². The van der Waals surface area contributed by atoms with E-state index in [9.17, 15) is 4.79 Å². The van der Waals surface area contributed by atoms with Gasteiger partial charge in [-0.25, -0.2) is 4.98 Å². The van der Waals surface area contributed by atoms with Crippen molar-refractivity contribution in [1.29, 1.82) is 0 Å². The summed E-state index contributed by atoms with van der Waals surface area (Å²) in [6.45, 7) is 3.72. The Morgan fingerprint density at radius 2 is 2.22 bits per heavy atom. The van der Waals surface area contributed by atoms with Gasteiger partial charge in [0.1, 0.15) is 0 Å². The Hall–Kier alpha value is -2.12. The molecule has 1 aromatic carbocycles. The highest BCUT2D eigenvalue weighted by Crippen LogP contribution is 2.34. The van der Waals surface area contributed by atoms with Gasteiger partial charge in [0.05, 0.1) is 30.0 Å². The third-order valence-corrected chi connectivity index (χ3v) is 4.78. The fourth-order valence-electron chi connectivity index (χ4n) is 2.82. The van der Waals surface area contributed by atoms with E-state index in [2.05, 4.69) is 4.98 Å². The highest BCUT2D eigenvalue weighted by molar-refractivity contribution is 7.09. The predicted molar refractivity (Wildman–Crippen MR) is 84.0 cm³/mol. The van der Waals surface area contributed by atoms with Crippen molar-refractivity contribution in [2.24, 2.45) is 0 Å². The number of amides is 1. The Balaban J connectivity index is 1.62. The molecule has 7 heteroatoms. The average Bonchev–Trinajstić information content (AvgIpc) is 3.22. The molecule has 0 saturated carbocycles. The second-order valence-corrected chi connectivity index (χ2v) is 6.51. The van der Waals surface area contributed by atoms with Gasteiger partial charge in [-0.15, -0.1) is 11.3 Å². The molecule has 2 aromatic rings. The van der Waals surface area contributed by atoms with Gasteiger partial charge in [0.25, 0.3) is 5.91 Å². The van der Waals surface area contributed by atoms with Gasteiger partial charge in [-0.2, -0.15) is 0 Å². The molecule has 0 radical (unpaired) electrons. The van der Waals surface area contributed by atoms with E-state index in [1.54, 1.807) is 29.5 Å². The van der Waals surface area contributed by atoms with E-state index in [1.165, 1.54) is 0 Å².